The second kappa shape index (κ2) is 2.68. The number of aliphatic carboxylic acids is 1. The number of methoxy groups -OCH3 is 1. The third-order valence-electron chi connectivity index (χ3n) is 1.21. The van der Waals surface area contributed by atoms with Crippen LogP contribution in [0.3, 0.4) is 0 Å². The Morgan fingerprint density at radius 3 is 1.90 bits per heavy atom. The summed E-state index contributed by atoms with van der Waals surface area (Å²) in [6.45, 7) is 2.46. The molecule has 0 saturated carbocycles. The first-order valence-electron chi connectivity index (χ1n) is 2.72. The van der Waals surface area contributed by atoms with E-state index in [1.54, 1.807) is 0 Å². The fraction of sp³-hybridized carbons (Fsp3) is 0.667. The monoisotopic (exact) mass is 145 g/mol. The van der Waals surface area contributed by atoms with Gasteiger partial charge in [-0.05, 0) is 13.8 Å². The van der Waals surface area contributed by atoms with Crippen molar-refractivity contribution in [2.24, 2.45) is 5.41 Å². The second-order valence-corrected chi connectivity index (χ2v) is 2.40. The van der Waals surface area contributed by atoms with Crippen LogP contribution >= 0.6 is 0 Å². The molecule has 0 heterocycles. The average Bonchev–Trinajstić information content (AvgIpc) is 1.86. The van der Waals surface area contributed by atoms with Gasteiger partial charge in [0.05, 0.1) is 13.1 Å². The Morgan fingerprint density at radius 2 is 1.80 bits per heavy atom. The number of esters is 1. The zero-order valence-electron chi connectivity index (χ0n) is 6.13. The highest BCUT2D eigenvalue weighted by molar-refractivity contribution is 5.97. The van der Waals surface area contributed by atoms with Crippen LogP contribution in [0.1, 0.15) is 13.8 Å². The molecule has 0 aliphatic carbocycles. The second-order valence-electron chi connectivity index (χ2n) is 2.40. The highest BCUT2D eigenvalue weighted by Crippen LogP contribution is 2.14. The first kappa shape index (κ1) is 8.94. The molecule has 0 bridgehead atoms. The van der Waals surface area contributed by atoms with Crippen molar-refractivity contribution in [3.63, 3.8) is 0 Å². The summed E-state index contributed by atoms with van der Waals surface area (Å²) in [6, 6.07) is 0. The maximum atomic E-state index is 10.6. The molecule has 0 aromatic carbocycles. The molecule has 0 aromatic heterocycles. The van der Waals surface area contributed by atoms with E-state index < -0.39 is 17.4 Å². The van der Waals surface area contributed by atoms with Crippen molar-refractivity contribution in [2.45, 2.75) is 13.8 Å². The summed E-state index contributed by atoms with van der Waals surface area (Å²) in [5.41, 5.74) is -1.55. The quantitative estimate of drug-likeness (QED) is 0.367. The van der Waals surface area contributed by atoms with E-state index >= 15 is 0 Å². The third kappa shape index (κ3) is 1.46. The summed E-state index contributed by atoms with van der Waals surface area (Å²) in [5, 5.41) is 10.2. The topological polar surface area (TPSA) is 66.4 Å². The van der Waals surface area contributed by atoms with Gasteiger partial charge in [-0.2, -0.15) is 0 Å². The summed E-state index contributed by atoms with van der Waals surface area (Å²) in [7, 11) is 1.13. The minimum atomic E-state index is -1.55. The smallest absolute Gasteiger partial charge is 0.316 e. The van der Waals surface area contributed by atoms with Gasteiger partial charge < -0.3 is 14.6 Å². The highest BCUT2D eigenvalue weighted by Gasteiger charge is 2.29. The van der Waals surface area contributed by atoms with Crippen molar-refractivity contribution >= 4 is 11.9 Å². The zero-order valence-corrected chi connectivity index (χ0v) is 6.13. The zero-order chi connectivity index (χ0) is 8.36. The molecule has 10 heavy (non-hydrogen) atoms. The number of carboxylic acid groups (broad SMARTS) is 1. The lowest BCUT2D eigenvalue weighted by Gasteiger charge is -2.21. The molecule has 0 spiro atoms. The molecular formula is C6H9O4-. The molecule has 0 N–H and O–H groups in total. The lowest BCUT2D eigenvalue weighted by Crippen LogP contribution is -2.44. The molecular weight excluding hydrogens is 136 g/mol. The summed E-state index contributed by atoms with van der Waals surface area (Å²) >= 11 is 0. The molecule has 0 radical (unpaired) electrons. The predicted octanol–water partition coefficient (Wildman–Crippen LogP) is -1.06. The Bertz CT molecular complexity index is 159. The van der Waals surface area contributed by atoms with Crippen LogP contribution in [0.15, 0.2) is 0 Å². The molecule has 4 nitrogen and oxygen atoms in total. The van der Waals surface area contributed by atoms with Crippen molar-refractivity contribution in [3.05, 3.63) is 0 Å². The highest BCUT2D eigenvalue weighted by atomic mass is 16.5. The van der Waals surface area contributed by atoms with Gasteiger partial charge in [-0.15, -0.1) is 0 Å². The molecule has 58 valence electrons. The number of ether oxygens (including phenoxy) is 1. The maximum Gasteiger partial charge on any atom is 0.316 e. The number of hydrogen-bond acceptors (Lipinski definition) is 4. The first-order valence-corrected chi connectivity index (χ1v) is 2.72. The van der Waals surface area contributed by atoms with Gasteiger partial charge in [-0.1, -0.05) is 0 Å². The van der Waals surface area contributed by atoms with Crippen LogP contribution < -0.4 is 5.11 Å². The van der Waals surface area contributed by atoms with Gasteiger partial charge in [0, 0.05) is 0 Å². The minimum Gasteiger partial charge on any atom is -0.549 e. The molecule has 0 aliphatic rings. The molecule has 0 atom stereocenters. The fourth-order valence-electron chi connectivity index (χ4n) is 0.338. The molecule has 4 heteroatoms. The Balaban J connectivity index is 4.40. The van der Waals surface area contributed by atoms with Gasteiger partial charge in [0.25, 0.3) is 0 Å². The van der Waals surface area contributed by atoms with Crippen molar-refractivity contribution < 1.29 is 19.4 Å². The predicted molar refractivity (Wildman–Crippen MR) is 30.8 cm³/mol. The van der Waals surface area contributed by atoms with Gasteiger partial charge in [-0.3, -0.25) is 4.79 Å². The van der Waals surface area contributed by atoms with Crippen LogP contribution in [0.5, 0.6) is 0 Å². The van der Waals surface area contributed by atoms with E-state index in [-0.39, 0.29) is 0 Å². The summed E-state index contributed by atoms with van der Waals surface area (Å²) in [6.07, 6.45) is 0. The summed E-state index contributed by atoms with van der Waals surface area (Å²) in [4.78, 5) is 20.8. The largest absolute Gasteiger partial charge is 0.549 e. The van der Waals surface area contributed by atoms with E-state index in [4.69, 9.17) is 0 Å². The van der Waals surface area contributed by atoms with Crippen molar-refractivity contribution in [2.75, 3.05) is 7.11 Å². The Labute approximate surface area is 58.8 Å². The summed E-state index contributed by atoms with van der Waals surface area (Å²) < 4.78 is 4.22. The average molecular weight is 145 g/mol. The van der Waals surface area contributed by atoms with E-state index in [0.717, 1.165) is 7.11 Å². The Hall–Kier alpha value is -1.06. The number of hydrogen-bond donors (Lipinski definition) is 0. The maximum absolute atomic E-state index is 10.6. The standard InChI is InChI=1S/C6H10O4/c1-6(2,4(7)8)5(9)10-3/h1-3H3,(H,7,8)/p-1. The van der Waals surface area contributed by atoms with Gasteiger partial charge in [0.2, 0.25) is 0 Å². The Kier molecular flexibility index (Phi) is 2.40. The summed E-state index contributed by atoms with van der Waals surface area (Å²) in [5.74, 6) is -2.23. The van der Waals surface area contributed by atoms with Crippen LogP contribution in [0, 0.1) is 5.41 Å². The fourth-order valence-corrected chi connectivity index (χ4v) is 0.338. The van der Waals surface area contributed by atoms with Crippen molar-refractivity contribution in [1.82, 2.24) is 0 Å². The van der Waals surface area contributed by atoms with Crippen LogP contribution in [-0.2, 0) is 14.3 Å². The van der Waals surface area contributed by atoms with Crippen molar-refractivity contribution in [1.29, 1.82) is 0 Å². The molecule has 0 aliphatic heterocycles. The van der Waals surface area contributed by atoms with Gasteiger partial charge in [0.1, 0.15) is 5.41 Å². The van der Waals surface area contributed by atoms with Gasteiger partial charge in [-0.25, -0.2) is 0 Å². The van der Waals surface area contributed by atoms with E-state index in [1.807, 2.05) is 0 Å². The van der Waals surface area contributed by atoms with Crippen LogP contribution in [0.25, 0.3) is 0 Å². The number of carbonyl (C=O) groups is 2. The molecule has 0 unspecified atom stereocenters. The van der Waals surface area contributed by atoms with Crippen molar-refractivity contribution in [3.8, 4) is 0 Å². The molecule has 0 amide bonds. The lowest BCUT2D eigenvalue weighted by molar-refractivity contribution is -0.316. The molecule has 0 rings (SSSR count). The van der Waals surface area contributed by atoms with Gasteiger partial charge >= 0.3 is 5.97 Å². The molecule has 0 saturated heterocycles. The number of carboxylic acids is 1. The van der Waals surface area contributed by atoms with E-state index in [1.165, 1.54) is 13.8 Å². The SMILES string of the molecule is COC(=O)C(C)(C)C(=O)[O-]. The van der Waals surface area contributed by atoms with Crippen LogP contribution in [-0.4, -0.2) is 19.0 Å². The normalized spacial score (nSPS) is 10.7. The van der Waals surface area contributed by atoms with Crippen LogP contribution in [0.4, 0.5) is 0 Å². The van der Waals surface area contributed by atoms with E-state index in [0.29, 0.717) is 0 Å². The van der Waals surface area contributed by atoms with Crippen LogP contribution in [0.2, 0.25) is 0 Å². The molecule has 0 fully saturated rings. The van der Waals surface area contributed by atoms with E-state index in [2.05, 4.69) is 4.74 Å². The van der Waals surface area contributed by atoms with E-state index in [9.17, 15) is 14.7 Å². The lowest BCUT2D eigenvalue weighted by atomic mass is 9.94. The Morgan fingerprint density at radius 1 is 1.40 bits per heavy atom. The minimum absolute atomic E-state index is 0.799. The number of rotatable bonds is 2. The third-order valence-corrected chi connectivity index (χ3v) is 1.21. The molecule has 0 aromatic rings. The van der Waals surface area contributed by atoms with Gasteiger partial charge in [0.15, 0.2) is 0 Å². The number of carbonyl (C=O) groups excluding carboxylic acids is 2. The first-order chi connectivity index (χ1) is 4.42.